The van der Waals surface area contributed by atoms with Crippen LogP contribution in [0.25, 0.3) is 6.08 Å². The van der Waals surface area contributed by atoms with Crippen LogP contribution in [-0.2, 0) is 14.3 Å². The molecule has 0 aliphatic carbocycles. The summed E-state index contributed by atoms with van der Waals surface area (Å²) in [6, 6.07) is 9.88. The predicted molar refractivity (Wildman–Crippen MR) is 130 cm³/mol. The van der Waals surface area contributed by atoms with Gasteiger partial charge >= 0.3 is 11.9 Å². The minimum absolute atomic E-state index is 0.0862. The van der Waals surface area contributed by atoms with Gasteiger partial charge in [0.15, 0.2) is 4.80 Å². The molecule has 35 heavy (non-hydrogen) atoms. The van der Waals surface area contributed by atoms with Crippen molar-refractivity contribution in [3.05, 3.63) is 95.4 Å². The van der Waals surface area contributed by atoms with E-state index in [1.807, 2.05) is 0 Å². The van der Waals surface area contributed by atoms with Gasteiger partial charge in [0.05, 0.1) is 33.5 Å². The quantitative estimate of drug-likeness (QED) is 0.384. The summed E-state index contributed by atoms with van der Waals surface area (Å²) < 4.78 is 26.3. The van der Waals surface area contributed by atoms with Crippen molar-refractivity contribution in [1.29, 1.82) is 0 Å². The average Bonchev–Trinajstić information content (AvgIpc) is 3.10. The Kier molecular flexibility index (Phi) is 7.00. The lowest BCUT2D eigenvalue weighted by molar-refractivity contribution is -0.139. The van der Waals surface area contributed by atoms with E-state index in [4.69, 9.17) is 21.1 Å². The maximum absolute atomic E-state index is 14.4. The third kappa shape index (κ3) is 4.82. The van der Waals surface area contributed by atoms with E-state index in [0.717, 1.165) is 11.3 Å². The number of allylic oxidation sites excluding steroid dienone is 1. The number of hydrogen-bond donors (Lipinski definition) is 0. The van der Waals surface area contributed by atoms with Crippen molar-refractivity contribution in [3.63, 3.8) is 0 Å². The van der Waals surface area contributed by atoms with Gasteiger partial charge in [-0.2, -0.15) is 0 Å². The molecule has 0 unspecified atom stereocenters. The Labute approximate surface area is 208 Å². The summed E-state index contributed by atoms with van der Waals surface area (Å²) in [5.74, 6) is -1.32. The summed E-state index contributed by atoms with van der Waals surface area (Å²) in [6.45, 7) is 4.78. The van der Waals surface area contributed by atoms with Crippen LogP contribution in [0.2, 0.25) is 5.02 Å². The molecule has 1 atom stereocenters. The third-order valence-corrected chi connectivity index (χ3v) is 6.56. The Morgan fingerprint density at radius 3 is 2.57 bits per heavy atom. The van der Waals surface area contributed by atoms with E-state index in [-0.39, 0.29) is 27.3 Å². The molecule has 0 bridgehead atoms. The Balaban J connectivity index is 1.94. The molecule has 10 heteroatoms. The van der Waals surface area contributed by atoms with Gasteiger partial charge in [0.25, 0.3) is 5.56 Å². The number of halogens is 2. The zero-order chi connectivity index (χ0) is 25.3. The van der Waals surface area contributed by atoms with Crippen molar-refractivity contribution in [1.82, 2.24) is 4.57 Å². The minimum Gasteiger partial charge on any atom is -0.463 e. The highest BCUT2D eigenvalue weighted by atomic mass is 35.5. The first kappa shape index (κ1) is 24.6. The molecule has 0 spiro atoms. The molecule has 1 aliphatic heterocycles. The van der Waals surface area contributed by atoms with E-state index in [0.29, 0.717) is 21.8 Å². The van der Waals surface area contributed by atoms with E-state index in [2.05, 4.69) is 4.99 Å². The van der Waals surface area contributed by atoms with Crippen LogP contribution in [0, 0.1) is 5.82 Å². The van der Waals surface area contributed by atoms with Gasteiger partial charge in [-0.1, -0.05) is 41.1 Å². The molecule has 180 valence electrons. The van der Waals surface area contributed by atoms with Crippen molar-refractivity contribution < 1.29 is 23.5 Å². The molecule has 0 amide bonds. The molecule has 7 nitrogen and oxygen atoms in total. The number of rotatable bonds is 5. The SMILES string of the molecule is CCOC(=O)C1=C(C)N=c2s/c(=C/c3c(F)cccc3Cl)c(=O)n2[C@@H]1c1ccc(OC(C)=O)cc1. The largest absolute Gasteiger partial charge is 0.463 e. The van der Waals surface area contributed by atoms with Crippen molar-refractivity contribution in [2.45, 2.75) is 26.8 Å². The second-order valence-corrected chi connectivity index (χ2v) is 9.02. The minimum atomic E-state index is -0.852. The molecule has 0 saturated heterocycles. The molecule has 0 saturated carbocycles. The number of thiazole rings is 1. The van der Waals surface area contributed by atoms with E-state index in [1.165, 1.54) is 35.8 Å². The first-order valence-corrected chi connectivity index (χ1v) is 11.8. The van der Waals surface area contributed by atoms with Crippen LogP contribution in [0.15, 0.2) is 63.5 Å². The number of benzene rings is 2. The topological polar surface area (TPSA) is 87.0 Å². The standard InChI is InChI=1S/C25H20ClFN2O5S/c1-4-33-24(32)21-13(2)28-25-29(22(21)15-8-10-16(11-9-15)34-14(3)30)23(31)20(35-25)12-17-18(26)6-5-7-19(17)27/h5-12,22H,4H2,1-3H3/b20-12+/t22-/m1/s1. The molecule has 2 aromatic carbocycles. The molecule has 4 rings (SSSR count). The number of aromatic nitrogens is 1. The normalized spacial score (nSPS) is 15.5. The van der Waals surface area contributed by atoms with Gasteiger partial charge in [-0.15, -0.1) is 0 Å². The summed E-state index contributed by atoms with van der Waals surface area (Å²) in [6.07, 6.45) is 1.38. The van der Waals surface area contributed by atoms with E-state index in [1.54, 1.807) is 38.1 Å². The van der Waals surface area contributed by atoms with E-state index in [9.17, 15) is 18.8 Å². The second-order valence-electron chi connectivity index (χ2n) is 7.60. The Morgan fingerprint density at radius 2 is 1.94 bits per heavy atom. The van der Waals surface area contributed by atoms with Crippen LogP contribution in [0.1, 0.15) is 37.9 Å². The zero-order valence-electron chi connectivity index (χ0n) is 19.0. The van der Waals surface area contributed by atoms with Crippen molar-refractivity contribution in [2.75, 3.05) is 6.61 Å². The van der Waals surface area contributed by atoms with Gasteiger partial charge in [-0.05, 0) is 49.8 Å². The summed E-state index contributed by atoms with van der Waals surface area (Å²) >= 11 is 7.21. The fourth-order valence-electron chi connectivity index (χ4n) is 3.77. The highest BCUT2D eigenvalue weighted by Gasteiger charge is 2.33. The van der Waals surface area contributed by atoms with Crippen LogP contribution >= 0.6 is 22.9 Å². The first-order valence-electron chi connectivity index (χ1n) is 10.6. The van der Waals surface area contributed by atoms with Gasteiger partial charge in [0, 0.05) is 12.5 Å². The monoisotopic (exact) mass is 514 g/mol. The van der Waals surface area contributed by atoms with Crippen LogP contribution in [0.5, 0.6) is 5.75 Å². The number of nitrogens with zero attached hydrogens (tertiary/aromatic N) is 2. The van der Waals surface area contributed by atoms with Crippen LogP contribution < -0.4 is 19.6 Å². The van der Waals surface area contributed by atoms with Gasteiger partial charge in [0.2, 0.25) is 0 Å². The molecule has 0 radical (unpaired) electrons. The number of carbonyl (C=O) groups is 2. The lowest BCUT2D eigenvalue weighted by Crippen LogP contribution is -2.39. The molecule has 0 fully saturated rings. The van der Waals surface area contributed by atoms with Crippen LogP contribution in [0.4, 0.5) is 4.39 Å². The van der Waals surface area contributed by atoms with Crippen molar-refractivity contribution >= 4 is 41.0 Å². The lowest BCUT2D eigenvalue weighted by Gasteiger charge is -2.24. The number of carbonyl (C=O) groups excluding carboxylic acids is 2. The average molecular weight is 515 g/mol. The summed E-state index contributed by atoms with van der Waals surface area (Å²) in [4.78, 5) is 42.6. The van der Waals surface area contributed by atoms with Crippen molar-refractivity contribution in [3.8, 4) is 5.75 Å². The molecular weight excluding hydrogens is 495 g/mol. The Bertz CT molecular complexity index is 1520. The Hall–Kier alpha value is -3.56. The highest BCUT2D eigenvalue weighted by Crippen LogP contribution is 2.31. The third-order valence-electron chi connectivity index (χ3n) is 5.25. The molecule has 0 N–H and O–H groups in total. The van der Waals surface area contributed by atoms with Gasteiger partial charge in [-0.3, -0.25) is 14.2 Å². The maximum Gasteiger partial charge on any atom is 0.338 e. The number of esters is 2. The lowest BCUT2D eigenvalue weighted by atomic mass is 9.96. The maximum atomic E-state index is 14.4. The van der Waals surface area contributed by atoms with Crippen LogP contribution in [0.3, 0.4) is 0 Å². The summed E-state index contributed by atoms with van der Waals surface area (Å²) in [7, 11) is 0. The summed E-state index contributed by atoms with van der Waals surface area (Å²) in [5, 5.41) is 0.164. The first-order chi connectivity index (χ1) is 16.7. The van der Waals surface area contributed by atoms with Gasteiger partial charge in [0.1, 0.15) is 11.6 Å². The Morgan fingerprint density at radius 1 is 1.23 bits per heavy atom. The molecule has 1 aromatic heterocycles. The number of hydrogen-bond acceptors (Lipinski definition) is 7. The fourth-order valence-corrected chi connectivity index (χ4v) is 5.02. The second kappa shape index (κ2) is 9.97. The van der Waals surface area contributed by atoms with E-state index < -0.39 is 29.4 Å². The molecule has 2 heterocycles. The number of ether oxygens (including phenoxy) is 2. The van der Waals surface area contributed by atoms with Crippen molar-refractivity contribution in [2.24, 2.45) is 4.99 Å². The van der Waals surface area contributed by atoms with Gasteiger partial charge in [-0.25, -0.2) is 14.2 Å². The smallest absolute Gasteiger partial charge is 0.338 e. The zero-order valence-corrected chi connectivity index (χ0v) is 20.6. The predicted octanol–water partition coefficient (Wildman–Crippen LogP) is 3.52. The number of fused-ring (bicyclic) bond motifs is 1. The van der Waals surface area contributed by atoms with Crippen LogP contribution in [-0.4, -0.2) is 23.1 Å². The highest BCUT2D eigenvalue weighted by molar-refractivity contribution is 7.07. The van der Waals surface area contributed by atoms with Gasteiger partial charge < -0.3 is 9.47 Å². The molecule has 3 aromatic rings. The van der Waals surface area contributed by atoms with E-state index >= 15 is 0 Å². The molecular formula is C25H20ClFN2O5S. The molecule has 1 aliphatic rings. The fraction of sp³-hybridized carbons (Fsp3) is 0.200. The summed E-state index contributed by atoms with van der Waals surface area (Å²) in [5.41, 5.74) is 0.804.